The van der Waals surface area contributed by atoms with E-state index in [0.29, 0.717) is 6.54 Å². The van der Waals surface area contributed by atoms with E-state index < -0.39 is 12.0 Å². The molecule has 0 bridgehead atoms. The molecule has 1 atom stereocenters. The van der Waals surface area contributed by atoms with Gasteiger partial charge in [-0.2, -0.15) is 0 Å². The molecule has 6 nitrogen and oxygen atoms in total. The second kappa shape index (κ2) is 5.29. The normalized spacial score (nSPS) is 19.6. The molecule has 0 saturated carbocycles. The van der Waals surface area contributed by atoms with E-state index in [2.05, 4.69) is 11.9 Å². The van der Waals surface area contributed by atoms with Crippen LogP contribution in [0.1, 0.15) is 12.8 Å². The maximum Gasteiger partial charge on any atom is 0.326 e. The summed E-state index contributed by atoms with van der Waals surface area (Å²) in [4.78, 5) is 34.6. The summed E-state index contributed by atoms with van der Waals surface area (Å²) in [6.45, 7) is 3.53. The fourth-order valence-corrected chi connectivity index (χ4v) is 1.59. The number of carbonyl (C=O) groups is 3. The highest BCUT2D eigenvalue weighted by Crippen LogP contribution is 2.18. The summed E-state index contributed by atoms with van der Waals surface area (Å²) in [5.41, 5.74) is 0. The number of aliphatic carboxylic acids is 1. The molecule has 0 aromatic heterocycles. The van der Waals surface area contributed by atoms with Gasteiger partial charge in [0.05, 0.1) is 0 Å². The SMILES string of the molecule is C=CCNC(=O)CN1C(=O)CCC1C(=O)O. The molecule has 1 saturated heterocycles. The lowest BCUT2D eigenvalue weighted by atomic mass is 10.2. The van der Waals surface area contributed by atoms with E-state index in [-0.39, 0.29) is 31.2 Å². The summed E-state index contributed by atoms with van der Waals surface area (Å²) in [5.74, 6) is -1.73. The van der Waals surface area contributed by atoms with E-state index in [1.807, 2.05) is 0 Å². The van der Waals surface area contributed by atoms with Gasteiger partial charge in [0.2, 0.25) is 11.8 Å². The van der Waals surface area contributed by atoms with Crippen molar-refractivity contribution in [1.82, 2.24) is 10.2 Å². The van der Waals surface area contributed by atoms with Gasteiger partial charge in [0.25, 0.3) is 0 Å². The molecule has 88 valence electrons. The van der Waals surface area contributed by atoms with Crippen LogP contribution in [0.2, 0.25) is 0 Å². The Balaban J connectivity index is 2.56. The molecule has 0 aliphatic carbocycles. The highest BCUT2D eigenvalue weighted by atomic mass is 16.4. The van der Waals surface area contributed by atoms with E-state index >= 15 is 0 Å². The molecule has 1 aliphatic rings. The van der Waals surface area contributed by atoms with E-state index in [4.69, 9.17) is 5.11 Å². The Morgan fingerprint density at radius 2 is 2.31 bits per heavy atom. The number of carboxylic acid groups (broad SMARTS) is 1. The predicted molar refractivity (Wildman–Crippen MR) is 55.6 cm³/mol. The van der Waals surface area contributed by atoms with E-state index in [9.17, 15) is 14.4 Å². The van der Waals surface area contributed by atoms with Crippen molar-refractivity contribution < 1.29 is 19.5 Å². The van der Waals surface area contributed by atoms with Gasteiger partial charge in [0.1, 0.15) is 12.6 Å². The van der Waals surface area contributed by atoms with Crippen LogP contribution in [0.15, 0.2) is 12.7 Å². The van der Waals surface area contributed by atoms with Gasteiger partial charge in [-0.1, -0.05) is 6.08 Å². The molecule has 1 fully saturated rings. The van der Waals surface area contributed by atoms with Crippen molar-refractivity contribution in [3.63, 3.8) is 0 Å². The zero-order valence-corrected chi connectivity index (χ0v) is 8.81. The minimum Gasteiger partial charge on any atom is -0.480 e. The van der Waals surface area contributed by atoms with Crippen LogP contribution in [-0.2, 0) is 14.4 Å². The van der Waals surface area contributed by atoms with Crippen LogP contribution in [0.5, 0.6) is 0 Å². The zero-order chi connectivity index (χ0) is 12.1. The van der Waals surface area contributed by atoms with Crippen LogP contribution < -0.4 is 5.32 Å². The zero-order valence-electron chi connectivity index (χ0n) is 8.81. The molecule has 1 rings (SSSR count). The summed E-state index contributed by atoms with van der Waals surface area (Å²) >= 11 is 0. The fourth-order valence-electron chi connectivity index (χ4n) is 1.59. The number of hydrogen-bond donors (Lipinski definition) is 2. The lowest BCUT2D eigenvalue weighted by Crippen LogP contribution is -2.44. The van der Waals surface area contributed by atoms with E-state index in [1.54, 1.807) is 0 Å². The van der Waals surface area contributed by atoms with Crippen molar-refractivity contribution in [1.29, 1.82) is 0 Å². The first-order chi connectivity index (χ1) is 7.56. The van der Waals surface area contributed by atoms with Gasteiger partial charge in [0.15, 0.2) is 0 Å². The van der Waals surface area contributed by atoms with Crippen LogP contribution in [0.3, 0.4) is 0 Å². The average Bonchev–Trinajstić information content (AvgIpc) is 2.58. The maximum atomic E-state index is 11.4. The highest BCUT2D eigenvalue weighted by Gasteiger charge is 2.36. The molecule has 16 heavy (non-hydrogen) atoms. The van der Waals surface area contributed by atoms with Gasteiger partial charge in [-0.15, -0.1) is 6.58 Å². The van der Waals surface area contributed by atoms with Crippen LogP contribution in [0.4, 0.5) is 0 Å². The standard InChI is InChI=1S/C10H14N2O4/c1-2-5-11-8(13)6-12-7(10(15)16)3-4-9(12)14/h2,7H,1,3-6H2,(H,11,13)(H,15,16). The molecule has 2 amide bonds. The molecule has 6 heteroatoms. The molecular weight excluding hydrogens is 212 g/mol. The van der Waals surface area contributed by atoms with Gasteiger partial charge < -0.3 is 15.3 Å². The van der Waals surface area contributed by atoms with Gasteiger partial charge in [-0.05, 0) is 6.42 Å². The maximum absolute atomic E-state index is 11.4. The first-order valence-corrected chi connectivity index (χ1v) is 4.96. The second-order valence-electron chi connectivity index (χ2n) is 3.51. The van der Waals surface area contributed by atoms with Crippen LogP contribution in [-0.4, -0.2) is 46.9 Å². The second-order valence-corrected chi connectivity index (χ2v) is 3.51. The number of carbonyl (C=O) groups excluding carboxylic acids is 2. The van der Waals surface area contributed by atoms with E-state index in [1.165, 1.54) is 6.08 Å². The van der Waals surface area contributed by atoms with Gasteiger partial charge in [-0.3, -0.25) is 9.59 Å². The summed E-state index contributed by atoms with van der Waals surface area (Å²) in [6, 6.07) is -0.873. The minimum absolute atomic E-state index is 0.186. The summed E-state index contributed by atoms with van der Waals surface area (Å²) in [6.07, 6.45) is 1.97. The number of amides is 2. The third kappa shape index (κ3) is 2.82. The largest absolute Gasteiger partial charge is 0.480 e. The van der Waals surface area contributed by atoms with Crippen molar-refractivity contribution in [3.8, 4) is 0 Å². The van der Waals surface area contributed by atoms with Gasteiger partial charge in [0, 0.05) is 13.0 Å². The van der Waals surface area contributed by atoms with Crippen LogP contribution in [0.25, 0.3) is 0 Å². The molecule has 1 unspecified atom stereocenters. The van der Waals surface area contributed by atoms with E-state index in [0.717, 1.165) is 4.90 Å². The number of rotatable bonds is 5. The number of nitrogens with zero attached hydrogens (tertiary/aromatic N) is 1. The molecule has 0 aromatic carbocycles. The summed E-state index contributed by atoms with van der Waals surface area (Å²) in [5, 5.41) is 11.3. The number of nitrogens with one attached hydrogen (secondary N) is 1. The molecule has 1 heterocycles. The third-order valence-electron chi connectivity index (χ3n) is 2.37. The molecule has 1 aliphatic heterocycles. The molecule has 0 spiro atoms. The lowest BCUT2D eigenvalue weighted by molar-refractivity contribution is -0.147. The molecular formula is C10H14N2O4. The van der Waals surface area contributed by atoms with Gasteiger partial charge >= 0.3 is 5.97 Å². The Labute approximate surface area is 92.9 Å². The Morgan fingerprint density at radius 3 is 2.88 bits per heavy atom. The van der Waals surface area contributed by atoms with Crippen LogP contribution >= 0.6 is 0 Å². The van der Waals surface area contributed by atoms with Crippen molar-refractivity contribution in [2.75, 3.05) is 13.1 Å². The molecule has 0 aromatic rings. The number of carboxylic acids is 1. The minimum atomic E-state index is -1.07. The topological polar surface area (TPSA) is 86.7 Å². The predicted octanol–water partition coefficient (Wildman–Crippen LogP) is -0.636. The monoisotopic (exact) mass is 226 g/mol. The van der Waals surface area contributed by atoms with Crippen molar-refractivity contribution in [3.05, 3.63) is 12.7 Å². The Bertz CT molecular complexity index is 327. The Hall–Kier alpha value is -1.85. The molecule has 2 N–H and O–H groups in total. The quantitative estimate of drug-likeness (QED) is 0.611. The number of likely N-dealkylation sites (tertiary alicyclic amines) is 1. The smallest absolute Gasteiger partial charge is 0.326 e. The molecule has 0 radical (unpaired) electrons. The number of hydrogen-bond acceptors (Lipinski definition) is 3. The highest BCUT2D eigenvalue weighted by molar-refractivity contribution is 5.91. The van der Waals surface area contributed by atoms with Crippen molar-refractivity contribution >= 4 is 17.8 Å². The lowest BCUT2D eigenvalue weighted by Gasteiger charge is -2.20. The first kappa shape index (κ1) is 12.2. The van der Waals surface area contributed by atoms with Gasteiger partial charge in [-0.25, -0.2) is 4.79 Å². The fraction of sp³-hybridized carbons (Fsp3) is 0.500. The third-order valence-corrected chi connectivity index (χ3v) is 2.37. The summed E-state index contributed by atoms with van der Waals surface area (Å²) in [7, 11) is 0. The first-order valence-electron chi connectivity index (χ1n) is 4.96. The average molecular weight is 226 g/mol. The summed E-state index contributed by atoms with van der Waals surface area (Å²) < 4.78 is 0. The van der Waals surface area contributed by atoms with Crippen molar-refractivity contribution in [2.45, 2.75) is 18.9 Å². The Morgan fingerprint density at radius 1 is 1.62 bits per heavy atom. The van der Waals surface area contributed by atoms with Crippen LogP contribution in [0, 0.1) is 0 Å². The van der Waals surface area contributed by atoms with Crippen molar-refractivity contribution in [2.24, 2.45) is 0 Å². The Kier molecular flexibility index (Phi) is 4.04.